The number of nitrogens with zero attached hydrogens (tertiary/aromatic N) is 3. The third-order valence-corrected chi connectivity index (χ3v) is 5.79. The summed E-state index contributed by atoms with van der Waals surface area (Å²) in [4.78, 5) is 23.7. The van der Waals surface area contributed by atoms with Crippen molar-refractivity contribution < 1.29 is 9.53 Å². The van der Waals surface area contributed by atoms with Gasteiger partial charge in [-0.25, -0.2) is 9.97 Å². The standard InChI is InChI=1S/C20H22ClN3O2/c1-14-22-11-15-7-9-20(19(15)23-14)8-4-10-24(13-20)18(25)12-26-17-6-3-2-5-16(17)21/h2-3,5-6,11H,4,7-10,12-13H2,1H3. The molecule has 2 aromatic rings. The maximum atomic E-state index is 12.7. The average Bonchev–Trinajstić information content (AvgIpc) is 2.98. The Balaban J connectivity index is 1.47. The van der Waals surface area contributed by atoms with E-state index in [1.54, 1.807) is 12.1 Å². The van der Waals surface area contributed by atoms with E-state index in [1.807, 2.05) is 30.2 Å². The predicted molar refractivity (Wildman–Crippen MR) is 99.5 cm³/mol. The Morgan fingerprint density at radius 2 is 2.19 bits per heavy atom. The first-order valence-electron chi connectivity index (χ1n) is 9.05. The number of aryl methyl sites for hydroxylation is 2. The number of piperidine rings is 1. The van der Waals surface area contributed by atoms with E-state index in [2.05, 4.69) is 4.98 Å². The van der Waals surface area contributed by atoms with Crippen LogP contribution in [0.1, 0.15) is 36.3 Å². The molecule has 6 heteroatoms. The van der Waals surface area contributed by atoms with E-state index in [9.17, 15) is 4.79 Å². The smallest absolute Gasteiger partial charge is 0.260 e. The van der Waals surface area contributed by atoms with Gasteiger partial charge in [-0.15, -0.1) is 0 Å². The van der Waals surface area contributed by atoms with Gasteiger partial charge < -0.3 is 9.64 Å². The number of halogens is 1. The molecule has 5 nitrogen and oxygen atoms in total. The highest BCUT2D eigenvalue weighted by Gasteiger charge is 2.44. The fraction of sp³-hybridized carbons (Fsp3) is 0.450. The van der Waals surface area contributed by atoms with E-state index in [0.29, 0.717) is 17.3 Å². The van der Waals surface area contributed by atoms with Crippen LogP contribution in [-0.2, 0) is 16.6 Å². The minimum Gasteiger partial charge on any atom is -0.482 e. The Morgan fingerprint density at radius 1 is 1.35 bits per heavy atom. The van der Waals surface area contributed by atoms with Crippen LogP contribution in [0, 0.1) is 6.92 Å². The maximum Gasteiger partial charge on any atom is 0.260 e. The molecule has 1 fully saturated rings. The molecule has 1 aliphatic carbocycles. The van der Waals surface area contributed by atoms with Crippen molar-refractivity contribution >= 4 is 17.5 Å². The molecule has 4 rings (SSSR count). The highest BCUT2D eigenvalue weighted by atomic mass is 35.5. The van der Waals surface area contributed by atoms with E-state index < -0.39 is 0 Å². The molecule has 1 aromatic heterocycles. The summed E-state index contributed by atoms with van der Waals surface area (Å²) in [7, 11) is 0. The van der Waals surface area contributed by atoms with E-state index in [0.717, 1.165) is 43.7 Å². The molecule has 1 unspecified atom stereocenters. The summed E-state index contributed by atoms with van der Waals surface area (Å²) < 4.78 is 5.64. The van der Waals surface area contributed by atoms with E-state index in [-0.39, 0.29) is 17.9 Å². The molecule has 0 saturated carbocycles. The van der Waals surface area contributed by atoms with Gasteiger partial charge >= 0.3 is 0 Å². The molecule has 2 heterocycles. The molecular weight excluding hydrogens is 350 g/mol. The molecule has 0 radical (unpaired) electrons. The van der Waals surface area contributed by atoms with Gasteiger partial charge in [-0.1, -0.05) is 23.7 Å². The van der Waals surface area contributed by atoms with Gasteiger partial charge in [-0.05, 0) is 50.3 Å². The fourth-order valence-electron chi connectivity index (χ4n) is 4.16. The van der Waals surface area contributed by atoms with E-state index >= 15 is 0 Å². The van der Waals surface area contributed by atoms with Crippen LogP contribution < -0.4 is 4.74 Å². The lowest BCUT2D eigenvalue weighted by Crippen LogP contribution is -2.49. The average molecular weight is 372 g/mol. The van der Waals surface area contributed by atoms with Gasteiger partial charge in [0.15, 0.2) is 6.61 Å². The summed E-state index contributed by atoms with van der Waals surface area (Å²) >= 11 is 6.10. The second-order valence-corrected chi connectivity index (χ2v) is 7.62. The molecule has 0 bridgehead atoms. The summed E-state index contributed by atoms with van der Waals surface area (Å²) in [6.07, 6.45) is 6.04. The molecule has 1 spiro atoms. The number of benzene rings is 1. The molecule has 136 valence electrons. The highest BCUT2D eigenvalue weighted by Crippen LogP contribution is 2.43. The quantitative estimate of drug-likeness (QED) is 0.830. The van der Waals surface area contributed by atoms with E-state index in [1.165, 1.54) is 5.56 Å². The van der Waals surface area contributed by atoms with Gasteiger partial charge in [0, 0.05) is 24.7 Å². The SMILES string of the molecule is Cc1ncc2c(n1)C1(CCCN(C(=O)COc3ccccc3Cl)C1)CC2. The van der Waals surface area contributed by atoms with Gasteiger partial charge in [0.25, 0.3) is 5.91 Å². The topological polar surface area (TPSA) is 55.3 Å². The first-order valence-corrected chi connectivity index (χ1v) is 9.43. The van der Waals surface area contributed by atoms with Gasteiger partial charge in [0.05, 0.1) is 10.7 Å². The molecule has 2 aliphatic rings. The maximum absolute atomic E-state index is 12.7. The van der Waals surface area contributed by atoms with Crippen LogP contribution in [0.25, 0.3) is 0 Å². The van der Waals surface area contributed by atoms with Crippen molar-refractivity contribution in [2.75, 3.05) is 19.7 Å². The zero-order chi connectivity index (χ0) is 18.1. The summed E-state index contributed by atoms with van der Waals surface area (Å²) in [5.74, 6) is 1.35. The zero-order valence-corrected chi connectivity index (χ0v) is 15.6. The largest absolute Gasteiger partial charge is 0.482 e. The Morgan fingerprint density at radius 3 is 3.04 bits per heavy atom. The van der Waals surface area contributed by atoms with Gasteiger partial charge in [-0.2, -0.15) is 0 Å². The van der Waals surface area contributed by atoms with Crippen molar-refractivity contribution in [2.45, 2.75) is 38.0 Å². The minimum atomic E-state index is -0.0265. The third kappa shape index (κ3) is 3.16. The monoisotopic (exact) mass is 371 g/mol. The Kier molecular flexibility index (Phi) is 4.57. The first-order chi connectivity index (χ1) is 12.6. The number of amides is 1. The Hall–Kier alpha value is -2.14. The van der Waals surface area contributed by atoms with Gasteiger partial charge in [-0.3, -0.25) is 4.79 Å². The van der Waals surface area contributed by atoms with Crippen LogP contribution in [-0.4, -0.2) is 40.5 Å². The van der Waals surface area contributed by atoms with Crippen molar-refractivity contribution in [3.63, 3.8) is 0 Å². The molecule has 26 heavy (non-hydrogen) atoms. The van der Waals surface area contributed by atoms with Crippen molar-refractivity contribution in [3.05, 3.63) is 52.6 Å². The van der Waals surface area contributed by atoms with Crippen LogP contribution >= 0.6 is 11.6 Å². The number of carbonyl (C=O) groups excluding carboxylic acids is 1. The molecule has 1 saturated heterocycles. The molecule has 1 aromatic carbocycles. The number of aromatic nitrogens is 2. The second kappa shape index (κ2) is 6.88. The number of likely N-dealkylation sites (tertiary alicyclic amines) is 1. The molecule has 1 atom stereocenters. The highest BCUT2D eigenvalue weighted by molar-refractivity contribution is 6.32. The normalized spacial score (nSPS) is 21.7. The van der Waals surface area contributed by atoms with Crippen LogP contribution in [0.15, 0.2) is 30.5 Å². The lowest BCUT2D eigenvalue weighted by Gasteiger charge is -2.40. The molecule has 1 amide bonds. The van der Waals surface area contributed by atoms with E-state index in [4.69, 9.17) is 21.3 Å². The molecule has 0 N–H and O–H groups in total. The number of rotatable bonds is 3. The zero-order valence-electron chi connectivity index (χ0n) is 14.9. The Labute approximate surface area is 158 Å². The second-order valence-electron chi connectivity index (χ2n) is 7.21. The lowest BCUT2D eigenvalue weighted by atomic mass is 9.77. The van der Waals surface area contributed by atoms with Crippen molar-refractivity contribution in [2.24, 2.45) is 0 Å². The van der Waals surface area contributed by atoms with Crippen LogP contribution in [0.5, 0.6) is 5.75 Å². The van der Waals surface area contributed by atoms with Gasteiger partial charge in [0.2, 0.25) is 0 Å². The van der Waals surface area contributed by atoms with Crippen molar-refractivity contribution in [3.8, 4) is 5.75 Å². The van der Waals surface area contributed by atoms with Gasteiger partial charge in [0.1, 0.15) is 11.6 Å². The number of para-hydroxylation sites is 1. The summed E-state index contributed by atoms with van der Waals surface area (Å²) in [6.45, 7) is 3.41. The first kappa shape index (κ1) is 17.3. The number of fused-ring (bicyclic) bond motifs is 2. The number of hydrogen-bond acceptors (Lipinski definition) is 4. The lowest BCUT2D eigenvalue weighted by molar-refractivity contribution is -0.135. The Bertz CT molecular complexity index is 838. The molecule has 1 aliphatic heterocycles. The number of carbonyl (C=O) groups is 1. The number of ether oxygens (including phenoxy) is 1. The van der Waals surface area contributed by atoms with Crippen LogP contribution in [0.3, 0.4) is 0 Å². The van der Waals surface area contributed by atoms with Crippen LogP contribution in [0.2, 0.25) is 5.02 Å². The summed E-state index contributed by atoms with van der Waals surface area (Å²) in [5.41, 5.74) is 2.35. The van der Waals surface area contributed by atoms with Crippen LogP contribution in [0.4, 0.5) is 0 Å². The minimum absolute atomic E-state index is 0.00298. The third-order valence-electron chi connectivity index (χ3n) is 5.48. The van der Waals surface area contributed by atoms with Crippen molar-refractivity contribution in [1.82, 2.24) is 14.9 Å². The van der Waals surface area contributed by atoms with Crippen molar-refractivity contribution in [1.29, 1.82) is 0 Å². The summed E-state index contributed by atoms with van der Waals surface area (Å²) in [5, 5.41) is 0.521. The number of hydrogen-bond donors (Lipinski definition) is 0. The fourth-order valence-corrected chi connectivity index (χ4v) is 4.35. The summed E-state index contributed by atoms with van der Waals surface area (Å²) in [6, 6.07) is 7.22. The predicted octanol–water partition coefficient (Wildman–Crippen LogP) is 3.32. The molecular formula is C20H22ClN3O2.